The first-order chi connectivity index (χ1) is 18.3. The summed E-state index contributed by atoms with van der Waals surface area (Å²) in [6.07, 6.45) is 2.37. The van der Waals surface area contributed by atoms with Crippen LogP contribution in [0.25, 0.3) is 21.9 Å². The van der Waals surface area contributed by atoms with E-state index in [-0.39, 0.29) is 17.7 Å². The first-order valence-electron chi connectivity index (χ1n) is 13.1. The molecule has 1 saturated heterocycles. The SMILES string of the molecule is COc1cccc2ccc(-c3ccc(C4=NC5(CC5)C(=O)N4CC4CN(C(=O)C5(O)CC5)C4)c(F)c3)cc12. The predicted molar refractivity (Wildman–Crippen MR) is 140 cm³/mol. The molecule has 3 aromatic rings. The summed E-state index contributed by atoms with van der Waals surface area (Å²) in [4.78, 5) is 33.6. The number of aliphatic imine (C=N–C) groups is 1. The van der Waals surface area contributed by atoms with E-state index in [2.05, 4.69) is 0 Å². The summed E-state index contributed by atoms with van der Waals surface area (Å²) in [5.41, 5.74) is -0.0339. The lowest BCUT2D eigenvalue weighted by molar-refractivity contribution is -0.149. The molecule has 0 atom stereocenters. The fourth-order valence-corrected chi connectivity index (χ4v) is 5.69. The molecule has 3 aromatic carbocycles. The number of nitrogens with zero attached hydrogens (tertiary/aromatic N) is 3. The van der Waals surface area contributed by atoms with Crippen LogP contribution < -0.4 is 4.74 Å². The second kappa shape index (κ2) is 8.11. The molecule has 194 valence electrons. The van der Waals surface area contributed by atoms with Gasteiger partial charge in [0.05, 0.1) is 12.7 Å². The van der Waals surface area contributed by atoms with Crippen molar-refractivity contribution in [2.75, 3.05) is 26.7 Å². The highest BCUT2D eigenvalue weighted by Crippen LogP contribution is 2.47. The molecule has 2 heterocycles. The van der Waals surface area contributed by atoms with E-state index in [1.807, 2.05) is 42.5 Å². The first-order valence-corrected chi connectivity index (χ1v) is 13.1. The zero-order valence-electron chi connectivity index (χ0n) is 21.1. The van der Waals surface area contributed by atoms with Crippen molar-refractivity contribution in [3.05, 3.63) is 66.0 Å². The zero-order chi connectivity index (χ0) is 26.2. The van der Waals surface area contributed by atoms with Gasteiger partial charge in [0.15, 0.2) is 0 Å². The quantitative estimate of drug-likeness (QED) is 0.544. The van der Waals surface area contributed by atoms with Gasteiger partial charge in [0.2, 0.25) is 0 Å². The second-order valence-electron chi connectivity index (χ2n) is 11.1. The van der Waals surface area contributed by atoms with Crippen LogP contribution in [0.4, 0.5) is 4.39 Å². The van der Waals surface area contributed by atoms with Gasteiger partial charge in [-0.05, 0) is 66.5 Å². The number of halogens is 1. The van der Waals surface area contributed by atoms with Gasteiger partial charge < -0.3 is 14.7 Å². The summed E-state index contributed by atoms with van der Waals surface area (Å²) in [5.74, 6) is 0.471. The minimum Gasteiger partial charge on any atom is -0.496 e. The molecule has 2 saturated carbocycles. The molecule has 2 amide bonds. The number of methoxy groups -OCH3 is 1. The maximum absolute atomic E-state index is 15.6. The van der Waals surface area contributed by atoms with E-state index < -0.39 is 17.0 Å². The highest BCUT2D eigenvalue weighted by Gasteiger charge is 2.58. The molecular weight excluding hydrogens is 485 g/mol. The summed E-state index contributed by atoms with van der Waals surface area (Å²) in [6, 6.07) is 16.8. The monoisotopic (exact) mass is 513 g/mol. The minimum absolute atomic E-state index is 0.0688. The molecule has 0 bridgehead atoms. The summed E-state index contributed by atoms with van der Waals surface area (Å²) in [6.45, 7) is 1.35. The number of aliphatic hydroxyl groups is 1. The lowest BCUT2D eigenvalue weighted by Crippen LogP contribution is -2.57. The lowest BCUT2D eigenvalue weighted by atomic mass is 9.97. The number of carbonyl (C=O) groups excluding carboxylic acids is 2. The van der Waals surface area contributed by atoms with Gasteiger partial charge in [0.25, 0.3) is 11.8 Å². The Bertz CT molecular complexity index is 1540. The largest absolute Gasteiger partial charge is 0.496 e. The number of likely N-dealkylation sites (tertiary alicyclic amines) is 1. The normalized spacial score (nSPS) is 21.0. The van der Waals surface area contributed by atoms with Gasteiger partial charge in [0, 0.05) is 30.9 Å². The van der Waals surface area contributed by atoms with Crippen LogP contribution in [0.1, 0.15) is 31.2 Å². The second-order valence-corrected chi connectivity index (χ2v) is 11.1. The molecule has 38 heavy (non-hydrogen) atoms. The minimum atomic E-state index is -1.18. The molecule has 7 rings (SSSR count). The van der Waals surface area contributed by atoms with Gasteiger partial charge in [-0.25, -0.2) is 4.39 Å². The Labute approximate surface area is 219 Å². The molecule has 2 aliphatic heterocycles. The van der Waals surface area contributed by atoms with Crippen molar-refractivity contribution >= 4 is 28.4 Å². The molecule has 0 radical (unpaired) electrons. The fraction of sp³-hybridized carbons (Fsp3) is 0.367. The molecular formula is C30H28FN3O4. The van der Waals surface area contributed by atoms with E-state index in [1.165, 1.54) is 6.07 Å². The summed E-state index contributed by atoms with van der Waals surface area (Å²) >= 11 is 0. The van der Waals surface area contributed by atoms with Crippen LogP contribution in [0.15, 0.2) is 59.6 Å². The zero-order valence-corrected chi connectivity index (χ0v) is 21.1. The maximum Gasteiger partial charge on any atom is 0.256 e. The Kier molecular flexibility index (Phi) is 4.98. The number of amides is 2. The lowest BCUT2D eigenvalue weighted by Gasteiger charge is -2.42. The Morgan fingerprint density at radius 1 is 1.08 bits per heavy atom. The maximum atomic E-state index is 15.6. The van der Waals surface area contributed by atoms with E-state index in [1.54, 1.807) is 23.0 Å². The third-order valence-corrected chi connectivity index (χ3v) is 8.35. The highest BCUT2D eigenvalue weighted by molar-refractivity contribution is 6.16. The number of ether oxygens (including phenoxy) is 1. The molecule has 1 spiro atoms. The third kappa shape index (κ3) is 3.61. The van der Waals surface area contributed by atoms with E-state index >= 15 is 4.39 Å². The Hall–Kier alpha value is -3.78. The van der Waals surface area contributed by atoms with Crippen molar-refractivity contribution in [3.63, 3.8) is 0 Å². The van der Waals surface area contributed by atoms with E-state index in [0.717, 1.165) is 27.6 Å². The summed E-state index contributed by atoms with van der Waals surface area (Å²) in [7, 11) is 1.63. The van der Waals surface area contributed by atoms with Crippen LogP contribution in [0.3, 0.4) is 0 Å². The number of fused-ring (bicyclic) bond motifs is 1. The van der Waals surface area contributed by atoms with Crippen LogP contribution in [0.2, 0.25) is 0 Å². The van der Waals surface area contributed by atoms with E-state index in [0.29, 0.717) is 56.7 Å². The molecule has 4 aliphatic rings. The topological polar surface area (TPSA) is 82.4 Å². The van der Waals surface area contributed by atoms with Gasteiger partial charge >= 0.3 is 0 Å². The van der Waals surface area contributed by atoms with Gasteiger partial charge in [-0.1, -0.05) is 30.3 Å². The Balaban J connectivity index is 1.14. The van der Waals surface area contributed by atoms with Crippen molar-refractivity contribution in [1.29, 1.82) is 0 Å². The molecule has 8 heteroatoms. The van der Waals surface area contributed by atoms with Gasteiger partial charge in [-0.2, -0.15) is 0 Å². The standard InChI is InChI=1S/C30H28FN3O4/c1-38-25-4-2-3-19-5-6-20(13-23(19)25)21-7-8-22(24(31)14-21)26-32-29(9-10-29)27(35)34(26)17-18-15-33(16-18)28(36)30(37)11-12-30/h2-8,13-14,18,37H,9-12,15-17H2,1H3. The Morgan fingerprint density at radius 3 is 2.50 bits per heavy atom. The number of hydrogen-bond donors (Lipinski definition) is 1. The predicted octanol–water partition coefficient (Wildman–Crippen LogP) is 3.76. The highest BCUT2D eigenvalue weighted by atomic mass is 19.1. The summed E-state index contributed by atoms with van der Waals surface area (Å²) in [5, 5.41) is 12.1. The van der Waals surface area contributed by atoms with Crippen molar-refractivity contribution in [2.45, 2.75) is 36.8 Å². The average Bonchev–Trinajstić information content (AvgIpc) is 3.82. The van der Waals surface area contributed by atoms with Crippen LogP contribution in [-0.4, -0.2) is 70.4 Å². The van der Waals surface area contributed by atoms with Crippen LogP contribution >= 0.6 is 0 Å². The molecule has 1 N–H and O–H groups in total. The Morgan fingerprint density at radius 2 is 1.82 bits per heavy atom. The smallest absolute Gasteiger partial charge is 0.256 e. The van der Waals surface area contributed by atoms with Crippen LogP contribution in [0, 0.1) is 11.7 Å². The molecule has 7 nitrogen and oxygen atoms in total. The van der Waals surface area contributed by atoms with E-state index in [4.69, 9.17) is 9.73 Å². The number of hydrogen-bond acceptors (Lipinski definition) is 5. The van der Waals surface area contributed by atoms with Crippen LogP contribution in [-0.2, 0) is 9.59 Å². The van der Waals surface area contributed by atoms with Crippen molar-refractivity contribution in [1.82, 2.24) is 9.80 Å². The van der Waals surface area contributed by atoms with Crippen LogP contribution in [0.5, 0.6) is 5.75 Å². The summed E-state index contributed by atoms with van der Waals surface area (Å²) < 4.78 is 21.1. The molecule has 0 unspecified atom stereocenters. The van der Waals surface area contributed by atoms with Gasteiger partial charge in [-0.3, -0.25) is 19.5 Å². The van der Waals surface area contributed by atoms with E-state index in [9.17, 15) is 14.7 Å². The van der Waals surface area contributed by atoms with Gasteiger partial charge in [-0.15, -0.1) is 0 Å². The average molecular weight is 514 g/mol. The molecule has 2 aliphatic carbocycles. The number of rotatable bonds is 6. The number of carbonyl (C=O) groups is 2. The number of amidine groups is 1. The van der Waals surface area contributed by atoms with Crippen molar-refractivity contribution in [3.8, 4) is 16.9 Å². The van der Waals surface area contributed by atoms with Gasteiger partial charge in [0.1, 0.15) is 28.5 Å². The third-order valence-electron chi connectivity index (χ3n) is 8.35. The van der Waals surface area contributed by atoms with Crippen molar-refractivity contribution in [2.24, 2.45) is 10.9 Å². The molecule has 3 fully saturated rings. The molecule has 0 aromatic heterocycles. The fourth-order valence-electron chi connectivity index (χ4n) is 5.69. The van der Waals surface area contributed by atoms with Crippen molar-refractivity contribution < 1.29 is 23.8 Å². The number of benzene rings is 3. The first kappa shape index (κ1) is 23.3.